The normalized spacial score (nSPS) is 12.2. The highest BCUT2D eigenvalue weighted by molar-refractivity contribution is 7.89. The van der Waals surface area contributed by atoms with Gasteiger partial charge in [0.25, 0.3) is 10.0 Å². The fourth-order valence-electron chi connectivity index (χ4n) is 2.06. The third kappa shape index (κ3) is 3.43. The molecule has 2 aromatic rings. The topological polar surface area (TPSA) is 81.2 Å². The van der Waals surface area contributed by atoms with Gasteiger partial charge in [0.05, 0.1) is 6.33 Å². The van der Waals surface area contributed by atoms with Crippen molar-refractivity contribution in [3.05, 3.63) is 42.4 Å². The molecule has 1 aromatic heterocycles. The lowest BCUT2D eigenvalue weighted by atomic mass is 10.2. The zero-order valence-electron chi connectivity index (χ0n) is 12.4. The van der Waals surface area contributed by atoms with E-state index in [0.717, 1.165) is 5.56 Å². The molecule has 0 radical (unpaired) electrons. The van der Waals surface area contributed by atoms with E-state index in [4.69, 9.17) is 5.73 Å². The second kappa shape index (κ2) is 5.87. The monoisotopic (exact) mass is 308 g/mol. The van der Waals surface area contributed by atoms with E-state index in [1.165, 1.54) is 16.8 Å². The van der Waals surface area contributed by atoms with Gasteiger partial charge in [-0.1, -0.05) is 12.1 Å². The molecule has 0 aliphatic rings. The zero-order chi connectivity index (χ0) is 15.6. The van der Waals surface area contributed by atoms with Crippen LogP contribution in [0.25, 0.3) is 0 Å². The zero-order valence-corrected chi connectivity index (χ0v) is 13.2. The number of rotatable bonds is 5. The Morgan fingerprint density at radius 3 is 2.62 bits per heavy atom. The highest BCUT2D eigenvalue weighted by Crippen LogP contribution is 2.20. The minimum absolute atomic E-state index is 0.0580. The summed E-state index contributed by atoms with van der Waals surface area (Å²) in [5.41, 5.74) is 7.22. The Bertz CT molecular complexity index is 722. The van der Waals surface area contributed by atoms with Crippen LogP contribution in [0.3, 0.4) is 0 Å². The van der Waals surface area contributed by atoms with Crippen LogP contribution in [0.1, 0.15) is 19.4 Å². The highest BCUT2D eigenvalue weighted by atomic mass is 32.2. The summed E-state index contributed by atoms with van der Waals surface area (Å²) >= 11 is 0. The van der Waals surface area contributed by atoms with Gasteiger partial charge >= 0.3 is 0 Å². The fraction of sp³-hybridized carbons (Fsp3) is 0.357. The summed E-state index contributed by atoms with van der Waals surface area (Å²) < 4.78 is 28.4. The summed E-state index contributed by atoms with van der Waals surface area (Å²) in [6.45, 7) is 3.95. The van der Waals surface area contributed by atoms with Crippen LogP contribution in [0.4, 0.5) is 5.69 Å². The van der Waals surface area contributed by atoms with E-state index < -0.39 is 10.0 Å². The van der Waals surface area contributed by atoms with Crippen molar-refractivity contribution < 1.29 is 8.42 Å². The SMILES string of the molecule is CC(C)N(Cc1cccc(N)c1)S(=O)(=O)c1cn(C)cn1. The fourth-order valence-corrected chi connectivity index (χ4v) is 3.65. The number of aryl methyl sites for hydroxylation is 1. The Balaban J connectivity index is 2.35. The first-order chi connectivity index (χ1) is 9.80. The molecule has 114 valence electrons. The first kappa shape index (κ1) is 15.5. The maximum absolute atomic E-state index is 12.7. The lowest BCUT2D eigenvalue weighted by molar-refractivity contribution is 0.347. The molecule has 0 saturated carbocycles. The number of sulfonamides is 1. The molecule has 2 N–H and O–H groups in total. The number of nitrogens with two attached hydrogens (primary N) is 1. The number of anilines is 1. The Morgan fingerprint density at radius 2 is 2.10 bits per heavy atom. The lowest BCUT2D eigenvalue weighted by Gasteiger charge is -2.25. The Labute approximate surface area is 125 Å². The molecule has 1 aromatic carbocycles. The molecule has 0 aliphatic heterocycles. The molecule has 0 aliphatic carbocycles. The second-order valence-electron chi connectivity index (χ2n) is 5.27. The van der Waals surface area contributed by atoms with Gasteiger partial charge in [0.15, 0.2) is 5.03 Å². The Morgan fingerprint density at radius 1 is 1.38 bits per heavy atom. The van der Waals surface area contributed by atoms with Crippen LogP contribution in [0.2, 0.25) is 0 Å². The average Bonchev–Trinajstić information content (AvgIpc) is 2.83. The van der Waals surface area contributed by atoms with E-state index in [9.17, 15) is 8.42 Å². The maximum Gasteiger partial charge on any atom is 0.262 e. The Kier molecular flexibility index (Phi) is 4.34. The van der Waals surface area contributed by atoms with Gasteiger partial charge in [0.1, 0.15) is 0 Å². The van der Waals surface area contributed by atoms with Gasteiger partial charge in [-0.25, -0.2) is 13.4 Å². The molecule has 2 rings (SSSR count). The van der Waals surface area contributed by atoms with Gasteiger partial charge < -0.3 is 10.3 Å². The largest absolute Gasteiger partial charge is 0.399 e. The van der Waals surface area contributed by atoms with Crippen molar-refractivity contribution in [1.29, 1.82) is 0 Å². The van der Waals surface area contributed by atoms with E-state index in [1.54, 1.807) is 23.7 Å². The third-order valence-electron chi connectivity index (χ3n) is 3.12. The number of nitrogens with zero attached hydrogens (tertiary/aromatic N) is 3. The van der Waals surface area contributed by atoms with Gasteiger partial charge in [-0.15, -0.1) is 0 Å². The minimum Gasteiger partial charge on any atom is -0.399 e. The van der Waals surface area contributed by atoms with E-state index in [0.29, 0.717) is 5.69 Å². The molecule has 0 amide bonds. The summed E-state index contributed by atoms with van der Waals surface area (Å²) in [6.07, 6.45) is 2.98. The summed E-state index contributed by atoms with van der Waals surface area (Å²) in [5, 5.41) is 0.0580. The van der Waals surface area contributed by atoms with E-state index >= 15 is 0 Å². The molecular formula is C14H20N4O2S. The molecule has 0 unspecified atom stereocenters. The molecule has 0 fully saturated rings. The van der Waals surface area contributed by atoms with Gasteiger partial charge in [-0.3, -0.25) is 0 Å². The lowest BCUT2D eigenvalue weighted by Crippen LogP contribution is -2.36. The molecule has 0 atom stereocenters. The summed E-state index contributed by atoms with van der Waals surface area (Å²) in [5.74, 6) is 0. The van der Waals surface area contributed by atoms with E-state index in [-0.39, 0.29) is 17.6 Å². The van der Waals surface area contributed by atoms with Crippen molar-refractivity contribution in [2.75, 3.05) is 5.73 Å². The highest BCUT2D eigenvalue weighted by Gasteiger charge is 2.29. The van der Waals surface area contributed by atoms with Gasteiger partial charge in [-0.05, 0) is 31.5 Å². The second-order valence-corrected chi connectivity index (χ2v) is 7.10. The molecule has 0 spiro atoms. The standard InChI is InChI=1S/C14H20N4O2S/c1-11(2)18(8-12-5-4-6-13(15)7-12)21(19,20)14-9-17(3)10-16-14/h4-7,9-11H,8,15H2,1-3H3. The number of hydrogen-bond acceptors (Lipinski definition) is 4. The Hall–Kier alpha value is -1.86. The molecule has 1 heterocycles. The summed E-state index contributed by atoms with van der Waals surface area (Å²) in [4.78, 5) is 3.96. The molecule has 7 heteroatoms. The summed E-state index contributed by atoms with van der Waals surface area (Å²) in [6, 6.07) is 7.05. The number of aromatic nitrogens is 2. The molecule has 21 heavy (non-hydrogen) atoms. The van der Waals surface area contributed by atoms with Crippen LogP contribution >= 0.6 is 0 Å². The van der Waals surface area contributed by atoms with Crippen molar-refractivity contribution in [3.8, 4) is 0 Å². The summed E-state index contributed by atoms with van der Waals surface area (Å²) in [7, 11) is -1.89. The van der Waals surface area contributed by atoms with Crippen molar-refractivity contribution in [2.24, 2.45) is 7.05 Å². The van der Waals surface area contributed by atoms with Crippen LogP contribution in [0.15, 0.2) is 41.8 Å². The van der Waals surface area contributed by atoms with Crippen molar-refractivity contribution >= 4 is 15.7 Å². The number of nitrogen functional groups attached to an aromatic ring is 1. The number of imidazole rings is 1. The number of benzene rings is 1. The smallest absolute Gasteiger partial charge is 0.262 e. The van der Waals surface area contributed by atoms with Crippen LogP contribution < -0.4 is 5.73 Å². The van der Waals surface area contributed by atoms with Crippen LogP contribution in [0.5, 0.6) is 0 Å². The first-order valence-electron chi connectivity index (χ1n) is 6.65. The molecular weight excluding hydrogens is 288 g/mol. The first-order valence-corrected chi connectivity index (χ1v) is 8.09. The predicted octanol–water partition coefficient (Wildman–Crippen LogP) is 1.60. The van der Waals surface area contributed by atoms with Crippen LogP contribution in [-0.2, 0) is 23.6 Å². The van der Waals surface area contributed by atoms with Crippen molar-refractivity contribution in [1.82, 2.24) is 13.9 Å². The minimum atomic E-state index is -3.63. The van der Waals surface area contributed by atoms with Gasteiger partial charge in [0, 0.05) is 31.5 Å². The van der Waals surface area contributed by atoms with Gasteiger partial charge in [0.2, 0.25) is 0 Å². The molecule has 0 bridgehead atoms. The molecule has 6 nitrogen and oxygen atoms in total. The number of hydrogen-bond donors (Lipinski definition) is 1. The van der Waals surface area contributed by atoms with Crippen molar-refractivity contribution in [3.63, 3.8) is 0 Å². The van der Waals surface area contributed by atoms with Gasteiger partial charge in [-0.2, -0.15) is 4.31 Å². The van der Waals surface area contributed by atoms with E-state index in [1.807, 2.05) is 26.0 Å². The quantitative estimate of drug-likeness (QED) is 0.851. The van der Waals surface area contributed by atoms with Crippen LogP contribution in [0, 0.1) is 0 Å². The maximum atomic E-state index is 12.7. The third-order valence-corrected chi connectivity index (χ3v) is 5.03. The molecule has 0 saturated heterocycles. The van der Waals surface area contributed by atoms with Crippen molar-refractivity contribution in [2.45, 2.75) is 31.5 Å². The average molecular weight is 308 g/mol. The van der Waals surface area contributed by atoms with E-state index in [2.05, 4.69) is 4.98 Å². The predicted molar refractivity (Wildman–Crippen MR) is 81.9 cm³/mol. The van der Waals surface area contributed by atoms with Crippen LogP contribution in [-0.4, -0.2) is 28.3 Å².